The number of likely N-dealkylation sites (N-methyl/N-ethyl adjacent to an activating group) is 1. The number of benzene rings is 1. The summed E-state index contributed by atoms with van der Waals surface area (Å²) in [4.78, 5) is 11.4. The summed E-state index contributed by atoms with van der Waals surface area (Å²) >= 11 is 0. The maximum absolute atomic E-state index is 11.7. The molecule has 0 saturated heterocycles. The molecule has 20 heavy (non-hydrogen) atoms. The van der Waals surface area contributed by atoms with Crippen LogP contribution in [0.15, 0.2) is 24.3 Å². The molecule has 0 aromatic heterocycles. The van der Waals surface area contributed by atoms with Gasteiger partial charge in [-0.05, 0) is 37.7 Å². The maximum atomic E-state index is 11.7. The summed E-state index contributed by atoms with van der Waals surface area (Å²) in [5, 5.41) is 5.43. The second-order valence-electron chi connectivity index (χ2n) is 4.43. The lowest BCUT2D eigenvalue weighted by Gasteiger charge is -2.09. The van der Waals surface area contributed by atoms with Crippen LogP contribution in [0, 0.1) is 0 Å². The van der Waals surface area contributed by atoms with E-state index in [4.69, 9.17) is 0 Å². The number of carbonyl (C=O) groups is 1. The molecule has 0 aliphatic rings. The van der Waals surface area contributed by atoms with Crippen molar-refractivity contribution in [1.82, 2.24) is 5.32 Å². The zero-order valence-corrected chi connectivity index (χ0v) is 12.6. The number of carbonyl (C=O) groups excluding carboxylic acids is 1. The number of amides is 1. The Balaban J connectivity index is 2.60. The van der Waals surface area contributed by atoms with Gasteiger partial charge in [-0.1, -0.05) is 13.3 Å². The van der Waals surface area contributed by atoms with Crippen LogP contribution >= 0.6 is 0 Å². The number of sulfonamides is 1. The first-order valence-corrected chi connectivity index (χ1v) is 8.17. The van der Waals surface area contributed by atoms with Crippen molar-refractivity contribution in [2.75, 3.05) is 29.4 Å². The van der Waals surface area contributed by atoms with Gasteiger partial charge in [0.1, 0.15) is 0 Å². The molecule has 0 aliphatic heterocycles. The first-order chi connectivity index (χ1) is 9.46. The van der Waals surface area contributed by atoms with E-state index in [1.165, 1.54) is 0 Å². The van der Waals surface area contributed by atoms with Gasteiger partial charge in [-0.15, -0.1) is 0 Å². The molecule has 3 N–H and O–H groups in total. The summed E-state index contributed by atoms with van der Waals surface area (Å²) < 4.78 is 25.9. The van der Waals surface area contributed by atoms with E-state index in [0.29, 0.717) is 17.8 Å². The highest BCUT2D eigenvalue weighted by atomic mass is 32.2. The average Bonchev–Trinajstić information content (AvgIpc) is 2.39. The molecule has 1 rings (SSSR count). The van der Waals surface area contributed by atoms with Crippen LogP contribution in [0.25, 0.3) is 0 Å². The Morgan fingerprint density at radius 3 is 2.30 bits per heavy atom. The minimum absolute atomic E-state index is 0.115. The molecule has 0 atom stereocenters. The van der Waals surface area contributed by atoms with Gasteiger partial charge in [-0.2, -0.15) is 0 Å². The molecular formula is C13H21N3O3S. The Bertz CT molecular complexity index is 526. The van der Waals surface area contributed by atoms with Gasteiger partial charge >= 0.3 is 0 Å². The molecule has 1 aromatic rings. The minimum Gasteiger partial charge on any atom is -0.325 e. The molecule has 0 aliphatic carbocycles. The quantitative estimate of drug-likeness (QED) is 0.677. The third-order valence-electron chi connectivity index (χ3n) is 2.55. The highest BCUT2D eigenvalue weighted by Crippen LogP contribution is 2.15. The third-order valence-corrected chi connectivity index (χ3v) is 3.92. The molecule has 0 heterocycles. The first kappa shape index (κ1) is 16.5. The number of hydrogen-bond donors (Lipinski definition) is 3. The number of nitrogens with one attached hydrogen (secondary N) is 3. The largest absolute Gasteiger partial charge is 0.325 e. The maximum Gasteiger partial charge on any atom is 0.238 e. The average molecular weight is 299 g/mol. The van der Waals surface area contributed by atoms with Crippen LogP contribution in [0.4, 0.5) is 11.4 Å². The van der Waals surface area contributed by atoms with Crippen LogP contribution in [0.2, 0.25) is 0 Å². The first-order valence-electron chi connectivity index (χ1n) is 6.52. The topological polar surface area (TPSA) is 87.3 Å². The van der Waals surface area contributed by atoms with Crippen molar-refractivity contribution in [1.29, 1.82) is 0 Å². The predicted octanol–water partition coefficient (Wildman–Crippen LogP) is 1.39. The lowest BCUT2D eigenvalue weighted by atomic mass is 10.3. The number of anilines is 2. The van der Waals surface area contributed by atoms with Crippen molar-refractivity contribution in [2.24, 2.45) is 0 Å². The van der Waals surface area contributed by atoms with Crippen molar-refractivity contribution < 1.29 is 13.2 Å². The van der Waals surface area contributed by atoms with Gasteiger partial charge in [0.25, 0.3) is 0 Å². The van der Waals surface area contributed by atoms with E-state index in [0.717, 1.165) is 6.42 Å². The van der Waals surface area contributed by atoms with Crippen molar-refractivity contribution in [3.8, 4) is 0 Å². The fourth-order valence-corrected chi connectivity index (χ4v) is 2.82. The summed E-state index contributed by atoms with van der Waals surface area (Å²) in [7, 11) is -1.60. The molecule has 0 unspecified atom stereocenters. The van der Waals surface area contributed by atoms with Crippen LogP contribution in [0.5, 0.6) is 0 Å². The monoisotopic (exact) mass is 299 g/mol. The van der Waals surface area contributed by atoms with E-state index in [-0.39, 0.29) is 18.2 Å². The van der Waals surface area contributed by atoms with Gasteiger partial charge in [0.2, 0.25) is 15.9 Å². The molecule has 6 nitrogen and oxygen atoms in total. The smallest absolute Gasteiger partial charge is 0.238 e. The molecule has 0 spiro atoms. The second kappa shape index (κ2) is 7.86. The van der Waals surface area contributed by atoms with Gasteiger partial charge in [-0.3, -0.25) is 9.52 Å². The lowest BCUT2D eigenvalue weighted by molar-refractivity contribution is -0.115. The summed E-state index contributed by atoms with van der Waals surface area (Å²) in [6.07, 6.45) is 1.46. The Hall–Kier alpha value is -1.60. The van der Waals surface area contributed by atoms with Crippen LogP contribution in [0.1, 0.15) is 19.8 Å². The number of unbranched alkanes of at least 4 members (excludes halogenated alkanes) is 1. The van der Waals surface area contributed by atoms with Crippen LogP contribution < -0.4 is 15.4 Å². The van der Waals surface area contributed by atoms with Crippen molar-refractivity contribution in [3.05, 3.63) is 24.3 Å². The van der Waals surface area contributed by atoms with E-state index in [9.17, 15) is 13.2 Å². The molecule has 7 heteroatoms. The van der Waals surface area contributed by atoms with Gasteiger partial charge in [0, 0.05) is 11.4 Å². The second-order valence-corrected chi connectivity index (χ2v) is 6.27. The van der Waals surface area contributed by atoms with Gasteiger partial charge < -0.3 is 10.6 Å². The van der Waals surface area contributed by atoms with E-state index in [1.54, 1.807) is 31.3 Å². The highest BCUT2D eigenvalue weighted by molar-refractivity contribution is 7.92. The summed E-state index contributed by atoms with van der Waals surface area (Å²) in [6.45, 7) is 2.17. The van der Waals surface area contributed by atoms with Gasteiger partial charge in [-0.25, -0.2) is 8.42 Å². The van der Waals surface area contributed by atoms with Crippen molar-refractivity contribution in [3.63, 3.8) is 0 Å². The van der Waals surface area contributed by atoms with Gasteiger partial charge in [0.05, 0.1) is 12.3 Å². The number of rotatable bonds is 8. The molecule has 112 valence electrons. The Morgan fingerprint density at radius 2 is 1.75 bits per heavy atom. The van der Waals surface area contributed by atoms with Crippen LogP contribution in [-0.2, 0) is 14.8 Å². The molecule has 1 aromatic carbocycles. The van der Waals surface area contributed by atoms with E-state index in [1.807, 2.05) is 6.92 Å². The van der Waals surface area contributed by atoms with Gasteiger partial charge in [0.15, 0.2) is 0 Å². The standard InChI is InChI=1S/C13H21N3O3S/c1-3-4-9-20(18,19)16-12-7-5-11(6-8-12)15-13(17)10-14-2/h5-8,14,16H,3-4,9-10H2,1-2H3,(H,15,17). The normalized spacial score (nSPS) is 11.1. The molecular weight excluding hydrogens is 278 g/mol. The summed E-state index contributed by atoms with van der Waals surface area (Å²) in [5.41, 5.74) is 1.12. The molecule has 1 amide bonds. The van der Waals surface area contributed by atoms with Crippen molar-refractivity contribution in [2.45, 2.75) is 19.8 Å². The van der Waals surface area contributed by atoms with Crippen molar-refractivity contribution >= 4 is 27.3 Å². The fraction of sp³-hybridized carbons (Fsp3) is 0.462. The summed E-state index contributed by atoms with van der Waals surface area (Å²) in [5.74, 6) is -0.0340. The zero-order chi connectivity index (χ0) is 15.0. The molecule has 0 radical (unpaired) electrons. The zero-order valence-electron chi connectivity index (χ0n) is 11.8. The number of hydrogen-bond acceptors (Lipinski definition) is 4. The Kier molecular flexibility index (Phi) is 6.47. The minimum atomic E-state index is -3.29. The Morgan fingerprint density at radius 1 is 1.15 bits per heavy atom. The Labute approximate surface area is 120 Å². The summed E-state index contributed by atoms with van der Waals surface area (Å²) in [6, 6.07) is 6.56. The SMILES string of the molecule is CCCCS(=O)(=O)Nc1ccc(NC(=O)CNC)cc1. The van der Waals surface area contributed by atoms with E-state index in [2.05, 4.69) is 15.4 Å². The lowest BCUT2D eigenvalue weighted by Crippen LogP contribution is -2.25. The fourth-order valence-electron chi connectivity index (χ4n) is 1.55. The molecule has 0 bridgehead atoms. The van der Waals surface area contributed by atoms with E-state index >= 15 is 0 Å². The van der Waals surface area contributed by atoms with Crippen LogP contribution in [-0.4, -0.2) is 33.7 Å². The molecule has 0 saturated carbocycles. The predicted molar refractivity (Wildman–Crippen MR) is 81.3 cm³/mol. The third kappa shape index (κ3) is 6.03. The highest BCUT2D eigenvalue weighted by Gasteiger charge is 2.09. The van der Waals surface area contributed by atoms with E-state index < -0.39 is 10.0 Å². The molecule has 0 fully saturated rings. The van der Waals surface area contributed by atoms with Crippen LogP contribution in [0.3, 0.4) is 0 Å².